The van der Waals surface area contributed by atoms with Gasteiger partial charge in [0.2, 0.25) is 0 Å². The van der Waals surface area contributed by atoms with Crippen molar-refractivity contribution in [3.05, 3.63) is 48.0 Å². The third kappa shape index (κ3) is 1.70. The predicted octanol–water partition coefficient (Wildman–Crippen LogP) is 1.94. The molecule has 0 amide bonds. The molecule has 4 heteroatoms. The second-order valence-corrected chi connectivity index (χ2v) is 4.42. The first-order valence-electron chi connectivity index (χ1n) is 5.73. The lowest BCUT2D eigenvalue weighted by atomic mass is 9.96. The molecule has 0 radical (unpaired) electrons. The Morgan fingerprint density at radius 3 is 3.00 bits per heavy atom. The molecule has 2 unspecified atom stereocenters. The third-order valence-corrected chi connectivity index (χ3v) is 3.24. The summed E-state index contributed by atoms with van der Waals surface area (Å²) in [5.74, 6) is 0.887. The van der Waals surface area contributed by atoms with Gasteiger partial charge in [-0.25, -0.2) is 4.98 Å². The first-order chi connectivity index (χ1) is 8.25. The van der Waals surface area contributed by atoms with Crippen molar-refractivity contribution < 1.29 is 4.74 Å². The molecule has 0 bridgehead atoms. The zero-order valence-corrected chi connectivity index (χ0v) is 9.71. The molecule has 0 saturated carbocycles. The molecule has 2 atom stereocenters. The van der Waals surface area contributed by atoms with E-state index in [0.717, 1.165) is 23.4 Å². The SMILES string of the molecule is Cn1cncc1C1CC(N)c2ccccc2O1. The van der Waals surface area contributed by atoms with Gasteiger partial charge in [-0.3, -0.25) is 0 Å². The number of benzene rings is 1. The van der Waals surface area contributed by atoms with Crippen LogP contribution in [0.25, 0.3) is 0 Å². The molecule has 1 aromatic heterocycles. The van der Waals surface area contributed by atoms with Crippen molar-refractivity contribution in [1.82, 2.24) is 9.55 Å². The van der Waals surface area contributed by atoms with Gasteiger partial charge in [-0.15, -0.1) is 0 Å². The number of imidazole rings is 1. The van der Waals surface area contributed by atoms with Crippen LogP contribution in [0.1, 0.15) is 29.8 Å². The molecule has 88 valence electrons. The number of rotatable bonds is 1. The Hall–Kier alpha value is -1.81. The van der Waals surface area contributed by atoms with E-state index in [9.17, 15) is 0 Å². The molecule has 0 spiro atoms. The van der Waals surface area contributed by atoms with Gasteiger partial charge < -0.3 is 15.0 Å². The number of hydrogen-bond acceptors (Lipinski definition) is 3. The normalized spacial score (nSPS) is 22.9. The molecule has 0 fully saturated rings. The van der Waals surface area contributed by atoms with Crippen molar-refractivity contribution in [2.24, 2.45) is 12.8 Å². The van der Waals surface area contributed by atoms with E-state index in [1.807, 2.05) is 42.1 Å². The van der Waals surface area contributed by atoms with Crippen molar-refractivity contribution in [1.29, 1.82) is 0 Å². The predicted molar refractivity (Wildman–Crippen MR) is 64.6 cm³/mol. The lowest BCUT2D eigenvalue weighted by Gasteiger charge is -2.30. The highest BCUT2D eigenvalue weighted by Gasteiger charge is 2.28. The average molecular weight is 229 g/mol. The first kappa shape index (κ1) is 10.4. The van der Waals surface area contributed by atoms with Crippen molar-refractivity contribution >= 4 is 0 Å². The van der Waals surface area contributed by atoms with E-state index in [1.165, 1.54) is 0 Å². The maximum absolute atomic E-state index is 6.18. The van der Waals surface area contributed by atoms with Crippen LogP contribution in [0.5, 0.6) is 5.75 Å². The molecular formula is C13H15N3O. The highest BCUT2D eigenvalue weighted by atomic mass is 16.5. The van der Waals surface area contributed by atoms with E-state index < -0.39 is 0 Å². The quantitative estimate of drug-likeness (QED) is 0.813. The largest absolute Gasteiger partial charge is 0.484 e. The van der Waals surface area contributed by atoms with E-state index in [1.54, 1.807) is 6.33 Å². The summed E-state index contributed by atoms with van der Waals surface area (Å²) in [6, 6.07) is 7.99. The number of hydrogen-bond donors (Lipinski definition) is 1. The molecule has 17 heavy (non-hydrogen) atoms. The molecule has 1 aliphatic rings. The lowest BCUT2D eigenvalue weighted by molar-refractivity contribution is 0.154. The minimum Gasteiger partial charge on any atom is -0.484 e. The van der Waals surface area contributed by atoms with Crippen LogP contribution in [-0.2, 0) is 7.05 Å². The minimum absolute atomic E-state index is 0.00704. The fourth-order valence-electron chi connectivity index (χ4n) is 2.31. The maximum atomic E-state index is 6.18. The topological polar surface area (TPSA) is 53.1 Å². The van der Waals surface area contributed by atoms with Crippen molar-refractivity contribution in [3.63, 3.8) is 0 Å². The second-order valence-electron chi connectivity index (χ2n) is 4.42. The van der Waals surface area contributed by atoms with E-state index in [2.05, 4.69) is 4.98 Å². The molecule has 0 saturated heterocycles. The fourth-order valence-corrected chi connectivity index (χ4v) is 2.31. The number of fused-ring (bicyclic) bond motifs is 1. The highest BCUT2D eigenvalue weighted by Crippen LogP contribution is 2.38. The summed E-state index contributed by atoms with van der Waals surface area (Å²) in [6.45, 7) is 0. The van der Waals surface area contributed by atoms with Gasteiger partial charge in [0.25, 0.3) is 0 Å². The van der Waals surface area contributed by atoms with Crippen LogP contribution in [0, 0.1) is 0 Å². The molecule has 3 rings (SSSR count). The van der Waals surface area contributed by atoms with Crippen molar-refractivity contribution in [3.8, 4) is 5.75 Å². The van der Waals surface area contributed by atoms with E-state index in [-0.39, 0.29) is 12.1 Å². The molecule has 1 aliphatic heterocycles. The molecule has 4 nitrogen and oxygen atoms in total. The Morgan fingerprint density at radius 2 is 2.24 bits per heavy atom. The summed E-state index contributed by atoms with van der Waals surface area (Å²) in [5, 5.41) is 0. The molecular weight excluding hydrogens is 214 g/mol. The van der Waals surface area contributed by atoms with Gasteiger partial charge in [0.05, 0.1) is 18.2 Å². The van der Waals surface area contributed by atoms with E-state index in [0.29, 0.717) is 0 Å². The summed E-state index contributed by atoms with van der Waals surface area (Å²) >= 11 is 0. The van der Waals surface area contributed by atoms with Gasteiger partial charge in [0, 0.05) is 25.1 Å². The molecule has 2 heterocycles. The molecule has 1 aromatic carbocycles. The molecule has 0 aliphatic carbocycles. The van der Waals surface area contributed by atoms with Crippen LogP contribution < -0.4 is 10.5 Å². The van der Waals surface area contributed by atoms with Crippen LogP contribution >= 0.6 is 0 Å². The lowest BCUT2D eigenvalue weighted by Crippen LogP contribution is -2.25. The van der Waals surface area contributed by atoms with Crippen LogP contribution in [0.4, 0.5) is 0 Å². The summed E-state index contributed by atoms with van der Waals surface area (Å²) in [6.07, 6.45) is 4.40. The van der Waals surface area contributed by atoms with Gasteiger partial charge >= 0.3 is 0 Å². The van der Waals surface area contributed by atoms with Crippen LogP contribution in [0.2, 0.25) is 0 Å². The summed E-state index contributed by atoms with van der Waals surface area (Å²) in [7, 11) is 1.97. The maximum Gasteiger partial charge on any atom is 0.142 e. The molecule has 2 N–H and O–H groups in total. The highest BCUT2D eigenvalue weighted by molar-refractivity contribution is 5.38. The van der Waals surface area contributed by atoms with Crippen molar-refractivity contribution in [2.45, 2.75) is 18.6 Å². The van der Waals surface area contributed by atoms with E-state index in [4.69, 9.17) is 10.5 Å². The Bertz CT molecular complexity index is 535. The van der Waals surface area contributed by atoms with Gasteiger partial charge in [-0.2, -0.15) is 0 Å². The van der Waals surface area contributed by atoms with E-state index >= 15 is 0 Å². The van der Waals surface area contributed by atoms with Crippen LogP contribution in [-0.4, -0.2) is 9.55 Å². The first-order valence-corrected chi connectivity index (χ1v) is 5.73. The Kier molecular flexibility index (Phi) is 2.37. The van der Waals surface area contributed by atoms with Gasteiger partial charge in [0.15, 0.2) is 0 Å². The Labute approximate surface area is 100 Å². The number of ether oxygens (including phenoxy) is 1. The number of aryl methyl sites for hydroxylation is 1. The summed E-state index contributed by atoms with van der Waals surface area (Å²) < 4.78 is 7.96. The fraction of sp³-hybridized carbons (Fsp3) is 0.308. The van der Waals surface area contributed by atoms with Gasteiger partial charge in [-0.1, -0.05) is 18.2 Å². The summed E-state index contributed by atoms with van der Waals surface area (Å²) in [5.41, 5.74) is 8.34. The average Bonchev–Trinajstić information content (AvgIpc) is 2.75. The minimum atomic E-state index is -0.00704. The zero-order valence-electron chi connectivity index (χ0n) is 9.71. The number of nitrogens with zero attached hydrogens (tertiary/aromatic N) is 2. The van der Waals surface area contributed by atoms with Gasteiger partial charge in [-0.05, 0) is 6.07 Å². The van der Waals surface area contributed by atoms with Gasteiger partial charge in [0.1, 0.15) is 11.9 Å². The zero-order chi connectivity index (χ0) is 11.8. The second kappa shape index (κ2) is 3.89. The summed E-state index contributed by atoms with van der Waals surface area (Å²) in [4.78, 5) is 4.12. The Balaban J connectivity index is 1.96. The van der Waals surface area contributed by atoms with Crippen LogP contribution in [0.15, 0.2) is 36.8 Å². The monoisotopic (exact) mass is 229 g/mol. The number of aromatic nitrogens is 2. The standard InChI is InChI=1S/C13H15N3O/c1-16-8-15-7-11(16)13-6-10(14)9-4-2-3-5-12(9)17-13/h2-5,7-8,10,13H,6,14H2,1H3. The smallest absolute Gasteiger partial charge is 0.142 e. The van der Waals surface area contributed by atoms with Crippen LogP contribution in [0.3, 0.4) is 0 Å². The number of nitrogens with two attached hydrogens (primary N) is 1. The molecule has 2 aromatic rings. The van der Waals surface area contributed by atoms with Crippen molar-refractivity contribution in [2.75, 3.05) is 0 Å². The third-order valence-electron chi connectivity index (χ3n) is 3.24. The number of para-hydroxylation sites is 1. The Morgan fingerprint density at radius 1 is 1.41 bits per heavy atom.